The molecule has 0 aliphatic carbocycles. The summed E-state index contributed by atoms with van der Waals surface area (Å²) in [5, 5.41) is 0. The number of methoxy groups -OCH3 is 1. The maximum absolute atomic E-state index is 5.44. The molecule has 0 saturated carbocycles. The van der Waals surface area contributed by atoms with Crippen molar-refractivity contribution >= 4 is 0 Å². The number of rotatable bonds is 7. The monoisotopic (exact) mass is 232 g/mol. The number of ether oxygens (including phenoxy) is 1. The van der Waals surface area contributed by atoms with E-state index in [1.165, 1.54) is 5.57 Å². The zero-order valence-corrected chi connectivity index (χ0v) is 11.5. The Morgan fingerprint density at radius 2 is 2.00 bits per heavy atom. The van der Waals surface area contributed by atoms with Gasteiger partial charge in [-0.2, -0.15) is 0 Å². The minimum Gasteiger partial charge on any atom is -0.497 e. The number of hydrogen-bond donors (Lipinski definition) is 0. The van der Waals surface area contributed by atoms with E-state index in [2.05, 4.69) is 38.7 Å². The summed E-state index contributed by atoms with van der Waals surface area (Å²) in [5.74, 6) is 0.954. The van der Waals surface area contributed by atoms with E-state index in [1.54, 1.807) is 7.11 Å². The van der Waals surface area contributed by atoms with Gasteiger partial charge in [-0.1, -0.05) is 43.9 Å². The lowest BCUT2D eigenvalue weighted by molar-refractivity contribution is 0.297. The van der Waals surface area contributed by atoms with Crippen LogP contribution in [0.4, 0.5) is 0 Å². The Kier molecular flexibility index (Phi) is 8.85. The molecule has 17 heavy (non-hydrogen) atoms. The van der Waals surface area contributed by atoms with Crippen LogP contribution in [0, 0.1) is 0 Å². The predicted molar refractivity (Wildman–Crippen MR) is 76.9 cm³/mol. The van der Waals surface area contributed by atoms with Gasteiger partial charge in [0.1, 0.15) is 5.76 Å². The van der Waals surface area contributed by atoms with E-state index >= 15 is 0 Å². The van der Waals surface area contributed by atoms with Crippen LogP contribution >= 0.6 is 0 Å². The van der Waals surface area contributed by atoms with E-state index in [1.807, 2.05) is 25.2 Å². The van der Waals surface area contributed by atoms with Crippen LogP contribution in [0.1, 0.15) is 33.6 Å². The van der Waals surface area contributed by atoms with Crippen molar-refractivity contribution in [3.8, 4) is 0 Å². The molecule has 0 radical (unpaired) electrons. The van der Waals surface area contributed by atoms with Gasteiger partial charge in [0.15, 0.2) is 0 Å². The molecule has 0 saturated heterocycles. The van der Waals surface area contributed by atoms with E-state index in [0.29, 0.717) is 0 Å². The average Bonchev–Trinajstić information content (AvgIpc) is 2.36. The molecule has 0 N–H and O–H groups in total. The summed E-state index contributed by atoms with van der Waals surface area (Å²) in [6.45, 7) is 10.0. The first-order valence-electron chi connectivity index (χ1n) is 6.05. The van der Waals surface area contributed by atoms with Gasteiger partial charge in [0.25, 0.3) is 0 Å². The quantitative estimate of drug-likeness (QED) is 0.445. The molecule has 1 heteroatoms. The lowest BCUT2D eigenvalue weighted by Gasteiger charge is -2.11. The van der Waals surface area contributed by atoms with E-state index in [-0.39, 0.29) is 0 Å². The standard InChI is InChI=1S/C16H24O/c1-6-9-10-11-13-15(14(4)8-3)16(17-5)12-7-2/h6,8-12H,3,7,13H2,1-2,4-5H3/b9-6-,11-10-,15-14-,16-12+. The summed E-state index contributed by atoms with van der Waals surface area (Å²) in [6.07, 6.45) is 14.0. The van der Waals surface area contributed by atoms with Crippen LogP contribution in [0.15, 0.2) is 59.9 Å². The Morgan fingerprint density at radius 1 is 1.29 bits per heavy atom. The van der Waals surface area contributed by atoms with Crippen LogP contribution in [-0.4, -0.2) is 7.11 Å². The largest absolute Gasteiger partial charge is 0.497 e. The summed E-state index contributed by atoms with van der Waals surface area (Å²) in [7, 11) is 1.72. The Balaban J connectivity index is 5.03. The maximum atomic E-state index is 5.44. The summed E-state index contributed by atoms with van der Waals surface area (Å²) >= 11 is 0. The van der Waals surface area contributed by atoms with E-state index < -0.39 is 0 Å². The van der Waals surface area contributed by atoms with Gasteiger partial charge in [-0.3, -0.25) is 0 Å². The molecule has 0 heterocycles. The van der Waals surface area contributed by atoms with Crippen LogP contribution in [-0.2, 0) is 4.74 Å². The Morgan fingerprint density at radius 3 is 2.47 bits per heavy atom. The fourth-order valence-corrected chi connectivity index (χ4v) is 1.47. The normalized spacial score (nSPS) is 14.2. The Hall–Kier alpha value is -1.50. The lowest BCUT2D eigenvalue weighted by atomic mass is 10.0. The number of allylic oxidation sites excluding steroid dienone is 8. The zero-order chi connectivity index (χ0) is 13.1. The molecule has 0 aliphatic heterocycles. The molecule has 0 aromatic rings. The molecule has 0 fully saturated rings. The second-order valence-electron chi connectivity index (χ2n) is 3.70. The predicted octanol–water partition coefficient (Wildman–Crippen LogP) is 4.95. The van der Waals surface area contributed by atoms with Gasteiger partial charge in [0.05, 0.1) is 7.11 Å². The molecule has 0 spiro atoms. The lowest BCUT2D eigenvalue weighted by Crippen LogP contribution is -1.95. The van der Waals surface area contributed by atoms with E-state index in [9.17, 15) is 0 Å². The SMILES string of the molecule is C=C/C(C)=C(C/C=C\C=C/C)\C(=C/CC)OC. The Bertz CT molecular complexity index is 341. The molecule has 94 valence electrons. The van der Waals surface area contributed by atoms with Gasteiger partial charge in [-0.05, 0) is 38.3 Å². The summed E-state index contributed by atoms with van der Waals surface area (Å²) < 4.78 is 5.44. The van der Waals surface area contributed by atoms with Crippen molar-refractivity contribution in [3.63, 3.8) is 0 Å². The topological polar surface area (TPSA) is 9.23 Å². The molecule has 0 bridgehead atoms. The third kappa shape index (κ3) is 5.96. The fraction of sp³-hybridized carbons (Fsp3) is 0.375. The van der Waals surface area contributed by atoms with Crippen molar-refractivity contribution in [2.45, 2.75) is 33.6 Å². The Labute approximate surface area is 106 Å². The third-order valence-corrected chi connectivity index (χ3v) is 2.45. The molecule has 0 aromatic heterocycles. The van der Waals surface area contributed by atoms with Crippen LogP contribution in [0.2, 0.25) is 0 Å². The highest BCUT2D eigenvalue weighted by Gasteiger charge is 2.05. The van der Waals surface area contributed by atoms with Crippen molar-refractivity contribution in [2.75, 3.05) is 7.11 Å². The van der Waals surface area contributed by atoms with Gasteiger partial charge in [-0.25, -0.2) is 0 Å². The highest BCUT2D eigenvalue weighted by Crippen LogP contribution is 2.21. The highest BCUT2D eigenvalue weighted by molar-refractivity contribution is 5.37. The summed E-state index contributed by atoms with van der Waals surface area (Å²) in [5.41, 5.74) is 2.36. The summed E-state index contributed by atoms with van der Waals surface area (Å²) in [6, 6.07) is 0. The van der Waals surface area contributed by atoms with Crippen molar-refractivity contribution in [2.24, 2.45) is 0 Å². The summed E-state index contributed by atoms with van der Waals surface area (Å²) in [4.78, 5) is 0. The second kappa shape index (κ2) is 9.71. The minimum absolute atomic E-state index is 0.863. The molecule has 0 rings (SSSR count). The van der Waals surface area contributed by atoms with Crippen LogP contribution in [0.3, 0.4) is 0 Å². The number of hydrogen-bond acceptors (Lipinski definition) is 1. The van der Waals surface area contributed by atoms with Gasteiger partial charge < -0.3 is 4.74 Å². The van der Waals surface area contributed by atoms with E-state index in [0.717, 1.165) is 24.2 Å². The highest BCUT2D eigenvalue weighted by atomic mass is 16.5. The smallest absolute Gasteiger partial charge is 0.118 e. The first-order valence-corrected chi connectivity index (χ1v) is 6.05. The molecule has 0 aliphatic rings. The average molecular weight is 232 g/mol. The van der Waals surface area contributed by atoms with Gasteiger partial charge in [0.2, 0.25) is 0 Å². The zero-order valence-electron chi connectivity index (χ0n) is 11.5. The first-order chi connectivity index (χ1) is 8.21. The van der Waals surface area contributed by atoms with Crippen molar-refractivity contribution in [3.05, 3.63) is 59.9 Å². The van der Waals surface area contributed by atoms with Gasteiger partial charge in [0, 0.05) is 5.57 Å². The van der Waals surface area contributed by atoms with E-state index in [4.69, 9.17) is 4.74 Å². The van der Waals surface area contributed by atoms with Crippen molar-refractivity contribution in [1.82, 2.24) is 0 Å². The minimum atomic E-state index is 0.863. The molecular formula is C16H24O. The van der Waals surface area contributed by atoms with Gasteiger partial charge >= 0.3 is 0 Å². The second-order valence-corrected chi connectivity index (χ2v) is 3.70. The van der Waals surface area contributed by atoms with Crippen LogP contribution in [0.25, 0.3) is 0 Å². The molecule has 0 amide bonds. The van der Waals surface area contributed by atoms with Crippen LogP contribution in [0.5, 0.6) is 0 Å². The van der Waals surface area contributed by atoms with Crippen molar-refractivity contribution < 1.29 is 4.74 Å². The van der Waals surface area contributed by atoms with Crippen molar-refractivity contribution in [1.29, 1.82) is 0 Å². The third-order valence-electron chi connectivity index (χ3n) is 2.45. The maximum Gasteiger partial charge on any atom is 0.118 e. The van der Waals surface area contributed by atoms with Gasteiger partial charge in [-0.15, -0.1) is 0 Å². The molecule has 0 aromatic carbocycles. The molecule has 1 nitrogen and oxygen atoms in total. The molecular weight excluding hydrogens is 208 g/mol. The molecule has 0 unspecified atom stereocenters. The fourth-order valence-electron chi connectivity index (χ4n) is 1.47. The first kappa shape index (κ1) is 15.5. The molecule has 0 atom stereocenters. The van der Waals surface area contributed by atoms with Crippen LogP contribution < -0.4 is 0 Å².